The highest BCUT2D eigenvalue weighted by atomic mass is 19.4. The fourth-order valence-electron chi connectivity index (χ4n) is 4.40. The Morgan fingerprint density at radius 1 is 0.857 bits per heavy atom. The summed E-state index contributed by atoms with van der Waals surface area (Å²) in [5, 5.41) is 22.1. The van der Waals surface area contributed by atoms with Crippen LogP contribution in [-0.2, 0) is 23.7 Å². The average Bonchev–Trinajstić information content (AvgIpc) is 3.46. The first-order valence-corrected chi connectivity index (χ1v) is 12.2. The standard InChI is InChI=1S/C28H20F6N6O2/c1-26(2)24(41)40(21-8-7-19(14-36)23(12-21)28(32,33)34)25(42)39(26)10-4-3-9-38-16-20(15-37-38)17-5-6-18(13-35)22(11-17)27(29,30)31/h3-8,11-12,15-16H,9-10H2,1-2H3. The van der Waals surface area contributed by atoms with E-state index in [4.69, 9.17) is 10.5 Å². The first-order chi connectivity index (χ1) is 19.6. The first-order valence-electron chi connectivity index (χ1n) is 12.2. The lowest BCUT2D eigenvalue weighted by Crippen LogP contribution is -2.44. The maximum absolute atomic E-state index is 13.4. The molecule has 1 aliphatic heterocycles. The first kappa shape index (κ1) is 29.9. The summed E-state index contributed by atoms with van der Waals surface area (Å²) < 4.78 is 81.7. The molecule has 1 aromatic heterocycles. The van der Waals surface area contributed by atoms with E-state index in [9.17, 15) is 35.9 Å². The fourth-order valence-corrected chi connectivity index (χ4v) is 4.40. The molecule has 1 saturated heterocycles. The van der Waals surface area contributed by atoms with E-state index >= 15 is 0 Å². The zero-order valence-electron chi connectivity index (χ0n) is 22.0. The second-order valence-corrected chi connectivity index (χ2v) is 9.72. The van der Waals surface area contributed by atoms with Crippen LogP contribution in [0.15, 0.2) is 60.9 Å². The van der Waals surface area contributed by atoms with E-state index in [-0.39, 0.29) is 24.3 Å². The lowest BCUT2D eigenvalue weighted by molar-refractivity contribution is -0.138. The number of nitrogens with zero attached hydrogens (tertiary/aromatic N) is 6. The van der Waals surface area contributed by atoms with Gasteiger partial charge in [0.1, 0.15) is 5.54 Å². The number of carbonyl (C=O) groups is 2. The molecular formula is C28H20F6N6O2. The summed E-state index contributed by atoms with van der Waals surface area (Å²) in [6.07, 6.45) is -3.61. The van der Waals surface area contributed by atoms with Crippen molar-refractivity contribution in [3.05, 3.63) is 83.2 Å². The van der Waals surface area contributed by atoms with Gasteiger partial charge in [0.15, 0.2) is 0 Å². The van der Waals surface area contributed by atoms with Gasteiger partial charge in [0.2, 0.25) is 0 Å². The third kappa shape index (κ3) is 5.56. The Kier molecular flexibility index (Phi) is 7.61. The Labute approximate surface area is 235 Å². The molecule has 216 valence electrons. The molecule has 0 atom stereocenters. The Morgan fingerprint density at radius 2 is 1.43 bits per heavy atom. The van der Waals surface area contributed by atoms with Gasteiger partial charge in [-0.05, 0) is 49.7 Å². The Balaban J connectivity index is 1.49. The molecule has 0 bridgehead atoms. The van der Waals surface area contributed by atoms with Gasteiger partial charge in [0.05, 0.1) is 52.8 Å². The molecule has 8 nitrogen and oxygen atoms in total. The molecule has 0 N–H and O–H groups in total. The highest BCUT2D eigenvalue weighted by molar-refractivity contribution is 6.23. The zero-order valence-corrected chi connectivity index (χ0v) is 22.0. The lowest BCUT2D eigenvalue weighted by atomic mass is 10.0. The van der Waals surface area contributed by atoms with Crippen molar-refractivity contribution in [2.45, 2.75) is 38.3 Å². The number of carbonyl (C=O) groups excluding carboxylic acids is 2. The number of hydrogen-bond donors (Lipinski definition) is 0. The van der Waals surface area contributed by atoms with Gasteiger partial charge in [-0.3, -0.25) is 9.48 Å². The van der Waals surface area contributed by atoms with Crippen LogP contribution in [0.25, 0.3) is 11.1 Å². The highest BCUT2D eigenvalue weighted by Crippen LogP contribution is 2.38. The van der Waals surface area contributed by atoms with Crippen molar-refractivity contribution in [1.82, 2.24) is 14.7 Å². The Hall–Kier alpha value is -5.11. The highest BCUT2D eigenvalue weighted by Gasteiger charge is 2.51. The average molecular weight is 586 g/mol. The van der Waals surface area contributed by atoms with Crippen LogP contribution < -0.4 is 4.90 Å². The molecule has 14 heteroatoms. The maximum Gasteiger partial charge on any atom is 0.417 e. The number of hydrogen-bond acceptors (Lipinski definition) is 5. The van der Waals surface area contributed by atoms with Crippen LogP contribution in [0.2, 0.25) is 0 Å². The van der Waals surface area contributed by atoms with Crippen LogP contribution in [0.3, 0.4) is 0 Å². The number of rotatable bonds is 6. The molecule has 0 unspecified atom stereocenters. The molecule has 2 heterocycles. The van der Waals surface area contributed by atoms with Gasteiger partial charge < -0.3 is 4.90 Å². The topological polar surface area (TPSA) is 106 Å². The number of halogens is 6. The molecule has 3 amide bonds. The number of anilines is 1. The van der Waals surface area contributed by atoms with Gasteiger partial charge in [0.25, 0.3) is 5.91 Å². The summed E-state index contributed by atoms with van der Waals surface area (Å²) >= 11 is 0. The van der Waals surface area contributed by atoms with Crippen LogP contribution in [0, 0.1) is 22.7 Å². The molecule has 4 rings (SSSR count). The fraction of sp³-hybridized carbons (Fsp3) is 0.250. The van der Waals surface area contributed by atoms with Crippen molar-refractivity contribution in [1.29, 1.82) is 10.5 Å². The van der Waals surface area contributed by atoms with Gasteiger partial charge in [-0.25, -0.2) is 9.69 Å². The second-order valence-electron chi connectivity index (χ2n) is 9.72. The quantitative estimate of drug-likeness (QED) is 0.196. The predicted octanol–water partition coefficient (Wildman–Crippen LogP) is 6.13. The molecule has 1 fully saturated rings. The number of nitriles is 2. The molecule has 0 spiro atoms. The number of alkyl halides is 6. The third-order valence-corrected chi connectivity index (χ3v) is 6.67. The normalized spacial score (nSPS) is 15.4. The summed E-state index contributed by atoms with van der Waals surface area (Å²) in [6, 6.07) is 8.02. The van der Waals surface area contributed by atoms with E-state index in [1.54, 1.807) is 12.2 Å². The third-order valence-electron chi connectivity index (χ3n) is 6.67. The number of urea groups is 1. The molecule has 2 aromatic carbocycles. The molecule has 0 aliphatic carbocycles. The predicted molar refractivity (Wildman–Crippen MR) is 136 cm³/mol. The van der Waals surface area contributed by atoms with Crippen molar-refractivity contribution in [3.63, 3.8) is 0 Å². The maximum atomic E-state index is 13.4. The van der Waals surface area contributed by atoms with E-state index in [1.807, 2.05) is 0 Å². The number of amides is 3. The van der Waals surface area contributed by atoms with E-state index in [0.29, 0.717) is 16.5 Å². The van der Waals surface area contributed by atoms with Crippen LogP contribution in [0.4, 0.5) is 36.8 Å². The number of benzene rings is 2. The number of imide groups is 1. The summed E-state index contributed by atoms with van der Waals surface area (Å²) in [5.41, 5.74) is -4.63. The van der Waals surface area contributed by atoms with Gasteiger partial charge in [-0.15, -0.1) is 0 Å². The Bertz CT molecular complexity index is 1670. The van der Waals surface area contributed by atoms with E-state index in [1.165, 1.54) is 54.0 Å². The SMILES string of the molecule is CC1(C)C(=O)N(c2ccc(C#N)c(C(F)(F)F)c2)C(=O)N1CC=CCn1cc(-c2ccc(C#N)c(C(F)(F)F)c2)cn1. The minimum Gasteiger partial charge on any atom is -0.306 e. The molecule has 0 radical (unpaired) electrons. The Morgan fingerprint density at radius 3 is 2.02 bits per heavy atom. The number of allylic oxidation sites excluding steroid dienone is 1. The smallest absolute Gasteiger partial charge is 0.306 e. The van der Waals surface area contributed by atoms with Crippen molar-refractivity contribution < 1.29 is 35.9 Å². The van der Waals surface area contributed by atoms with E-state index in [0.717, 1.165) is 24.3 Å². The van der Waals surface area contributed by atoms with Gasteiger partial charge >= 0.3 is 18.4 Å². The largest absolute Gasteiger partial charge is 0.417 e. The van der Waals surface area contributed by atoms with Crippen LogP contribution in [0.1, 0.15) is 36.1 Å². The monoisotopic (exact) mass is 586 g/mol. The number of aromatic nitrogens is 2. The molecule has 1 aliphatic rings. The van der Waals surface area contributed by atoms with Gasteiger partial charge in [-0.1, -0.05) is 18.2 Å². The van der Waals surface area contributed by atoms with Crippen molar-refractivity contribution in [2.75, 3.05) is 11.4 Å². The minimum absolute atomic E-state index is 0.0881. The molecule has 3 aromatic rings. The van der Waals surface area contributed by atoms with Gasteiger partial charge in [0, 0.05) is 18.3 Å². The van der Waals surface area contributed by atoms with Crippen LogP contribution >= 0.6 is 0 Å². The molecule has 42 heavy (non-hydrogen) atoms. The van der Waals surface area contributed by atoms with E-state index < -0.39 is 52.1 Å². The molecular weight excluding hydrogens is 566 g/mol. The summed E-state index contributed by atoms with van der Waals surface area (Å²) in [4.78, 5) is 28.0. The van der Waals surface area contributed by atoms with Crippen LogP contribution in [-0.4, -0.2) is 38.7 Å². The summed E-state index contributed by atoms with van der Waals surface area (Å²) in [6.45, 7) is 2.95. The lowest BCUT2D eigenvalue weighted by Gasteiger charge is -2.26. The summed E-state index contributed by atoms with van der Waals surface area (Å²) in [5.74, 6) is -0.754. The van der Waals surface area contributed by atoms with Crippen molar-refractivity contribution >= 4 is 17.6 Å². The van der Waals surface area contributed by atoms with Crippen molar-refractivity contribution in [3.8, 4) is 23.3 Å². The summed E-state index contributed by atoms with van der Waals surface area (Å²) in [7, 11) is 0. The van der Waals surface area contributed by atoms with E-state index in [2.05, 4.69) is 5.10 Å². The second kappa shape index (κ2) is 10.7. The molecule has 0 saturated carbocycles. The zero-order chi connectivity index (χ0) is 31.0. The van der Waals surface area contributed by atoms with Crippen molar-refractivity contribution in [2.24, 2.45) is 0 Å². The minimum atomic E-state index is -4.88. The van der Waals surface area contributed by atoms with Gasteiger partial charge in [-0.2, -0.15) is 42.0 Å². The van der Waals surface area contributed by atoms with Crippen LogP contribution in [0.5, 0.6) is 0 Å².